The van der Waals surface area contributed by atoms with Gasteiger partial charge in [-0.3, -0.25) is 0 Å². The molecule has 1 unspecified atom stereocenters. The van der Waals surface area contributed by atoms with Crippen LogP contribution in [0.15, 0.2) is 0 Å². The predicted octanol–water partition coefficient (Wildman–Crippen LogP) is -0.127. The van der Waals surface area contributed by atoms with Gasteiger partial charge in [0.15, 0.2) is 0 Å². The molecule has 0 aliphatic rings. The molecule has 0 aromatic heterocycles. The second-order valence-corrected chi connectivity index (χ2v) is 4.29. The van der Waals surface area contributed by atoms with Crippen molar-refractivity contribution in [2.45, 2.75) is 25.4 Å². The number of aliphatic carboxylic acids is 1. The lowest BCUT2D eigenvalue weighted by Crippen LogP contribution is -2.49. The predicted molar refractivity (Wildman–Crippen MR) is 62.6 cm³/mol. The van der Waals surface area contributed by atoms with Crippen LogP contribution in [-0.2, 0) is 4.79 Å². The van der Waals surface area contributed by atoms with Crippen molar-refractivity contribution in [1.82, 2.24) is 10.6 Å². The molecule has 0 spiro atoms. The highest BCUT2D eigenvalue weighted by Crippen LogP contribution is 1.96. The highest BCUT2D eigenvalue weighted by atomic mass is 32.2. The lowest BCUT2D eigenvalue weighted by atomic mass is 10.2. The van der Waals surface area contributed by atoms with E-state index in [0.717, 1.165) is 5.75 Å². The lowest BCUT2D eigenvalue weighted by Gasteiger charge is -2.17. The average Bonchev–Trinajstić information content (AvgIpc) is 2.16. The fourth-order valence-electron chi connectivity index (χ4n) is 1.10. The van der Waals surface area contributed by atoms with Crippen molar-refractivity contribution >= 4 is 23.8 Å². The molecule has 4 N–H and O–H groups in total. The molecule has 0 aromatic rings. The largest absolute Gasteiger partial charge is 0.480 e. The van der Waals surface area contributed by atoms with E-state index < -0.39 is 18.0 Å². The summed E-state index contributed by atoms with van der Waals surface area (Å²) in [5.74, 6) is -0.396. The average molecular weight is 250 g/mol. The van der Waals surface area contributed by atoms with Crippen LogP contribution >= 0.6 is 11.8 Å². The van der Waals surface area contributed by atoms with E-state index in [1.165, 1.54) is 0 Å². The van der Waals surface area contributed by atoms with Gasteiger partial charge in [0.25, 0.3) is 0 Å². The Labute approximate surface area is 98.8 Å². The summed E-state index contributed by atoms with van der Waals surface area (Å²) in [7, 11) is 0. The number of carboxylic acids is 1. The Hall–Kier alpha value is -0.950. The first-order chi connectivity index (χ1) is 7.51. The SMILES string of the molecule is CSCC(C)NC(=O)N[C@H](CCO)C(=O)O. The molecular formula is C9H18N2O4S. The molecular weight excluding hydrogens is 232 g/mol. The standard InChI is InChI=1S/C9H18N2O4S/c1-6(5-16-2)10-9(15)11-7(3-4-12)8(13)14/h6-7,12H,3-5H2,1-2H3,(H,13,14)(H2,10,11,15)/t6?,7-/m1/s1. The second kappa shape index (κ2) is 8.23. The summed E-state index contributed by atoms with van der Waals surface area (Å²) in [6.07, 6.45) is 1.92. The van der Waals surface area contributed by atoms with Crippen molar-refractivity contribution in [3.8, 4) is 0 Å². The van der Waals surface area contributed by atoms with E-state index in [-0.39, 0.29) is 19.1 Å². The Morgan fingerprint density at radius 1 is 1.38 bits per heavy atom. The lowest BCUT2D eigenvalue weighted by molar-refractivity contribution is -0.139. The number of carboxylic acid groups (broad SMARTS) is 1. The minimum Gasteiger partial charge on any atom is -0.480 e. The normalized spacial score (nSPS) is 13.9. The summed E-state index contributed by atoms with van der Waals surface area (Å²) >= 11 is 1.59. The minimum absolute atomic E-state index is 0.000335. The van der Waals surface area contributed by atoms with Gasteiger partial charge >= 0.3 is 12.0 Å². The van der Waals surface area contributed by atoms with Crippen LogP contribution in [0, 0.1) is 0 Å². The van der Waals surface area contributed by atoms with Crippen molar-refractivity contribution in [3.05, 3.63) is 0 Å². The maximum Gasteiger partial charge on any atom is 0.326 e. The van der Waals surface area contributed by atoms with Crippen LogP contribution < -0.4 is 10.6 Å². The third-order valence-corrected chi connectivity index (χ3v) is 2.65. The summed E-state index contributed by atoms with van der Waals surface area (Å²) in [5, 5.41) is 22.3. The zero-order valence-corrected chi connectivity index (χ0v) is 10.2. The Morgan fingerprint density at radius 2 is 2.00 bits per heavy atom. The van der Waals surface area contributed by atoms with Gasteiger partial charge in [-0.1, -0.05) is 0 Å². The zero-order chi connectivity index (χ0) is 12.6. The van der Waals surface area contributed by atoms with Crippen LogP contribution in [0.5, 0.6) is 0 Å². The molecule has 0 aliphatic carbocycles. The van der Waals surface area contributed by atoms with Crippen LogP contribution in [0.25, 0.3) is 0 Å². The molecule has 6 nitrogen and oxygen atoms in total. The maximum atomic E-state index is 11.3. The molecule has 7 heteroatoms. The van der Waals surface area contributed by atoms with E-state index >= 15 is 0 Å². The molecule has 0 saturated heterocycles. The van der Waals surface area contributed by atoms with E-state index in [2.05, 4.69) is 10.6 Å². The number of amides is 2. The first-order valence-corrected chi connectivity index (χ1v) is 6.30. The molecule has 0 bridgehead atoms. The van der Waals surface area contributed by atoms with E-state index in [4.69, 9.17) is 10.2 Å². The van der Waals surface area contributed by atoms with Gasteiger partial charge in [0.1, 0.15) is 6.04 Å². The number of hydrogen-bond acceptors (Lipinski definition) is 4. The molecule has 2 amide bonds. The van der Waals surface area contributed by atoms with Gasteiger partial charge in [-0.15, -0.1) is 0 Å². The van der Waals surface area contributed by atoms with Crippen molar-refractivity contribution < 1.29 is 19.8 Å². The Kier molecular flexibility index (Phi) is 7.74. The van der Waals surface area contributed by atoms with Crippen LogP contribution in [0.1, 0.15) is 13.3 Å². The Bertz CT molecular complexity index is 238. The highest BCUT2D eigenvalue weighted by Gasteiger charge is 2.19. The summed E-state index contributed by atoms with van der Waals surface area (Å²) < 4.78 is 0. The topological polar surface area (TPSA) is 98.7 Å². The van der Waals surface area contributed by atoms with Gasteiger partial charge in [0, 0.05) is 24.8 Å². The third kappa shape index (κ3) is 6.52. The molecule has 2 atom stereocenters. The first-order valence-electron chi connectivity index (χ1n) is 4.90. The van der Waals surface area contributed by atoms with Crippen LogP contribution in [0.3, 0.4) is 0 Å². The molecule has 0 radical (unpaired) electrons. The molecule has 0 saturated carbocycles. The van der Waals surface area contributed by atoms with Gasteiger partial charge in [0.2, 0.25) is 0 Å². The number of aliphatic hydroxyl groups is 1. The molecule has 16 heavy (non-hydrogen) atoms. The number of aliphatic hydroxyl groups excluding tert-OH is 1. The number of carbonyl (C=O) groups is 2. The number of rotatable bonds is 7. The van der Waals surface area contributed by atoms with E-state index in [1.807, 2.05) is 13.2 Å². The van der Waals surface area contributed by atoms with Crippen molar-refractivity contribution in [1.29, 1.82) is 0 Å². The monoisotopic (exact) mass is 250 g/mol. The van der Waals surface area contributed by atoms with Gasteiger partial charge in [0.05, 0.1) is 0 Å². The number of urea groups is 1. The highest BCUT2D eigenvalue weighted by molar-refractivity contribution is 7.98. The first kappa shape index (κ1) is 15.0. The maximum absolute atomic E-state index is 11.3. The number of carbonyl (C=O) groups excluding carboxylic acids is 1. The minimum atomic E-state index is -1.15. The van der Waals surface area contributed by atoms with Gasteiger partial charge in [-0.05, 0) is 13.2 Å². The van der Waals surface area contributed by atoms with Gasteiger partial charge in [-0.2, -0.15) is 11.8 Å². The zero-order valence-electron chi connectivity index (χ0n) is 9.40. The van der Waals surface area contributed by atoms with E-state index in [9.17, 15) is 9.59 Å². The summed E-state index contributed by atoms with van der Waals surface area (Å²) in [6, 6.07) is -1.60. The number of hydrogen-bond donors (Lipinski definition) is 4. The summed E-state index contributed by atoms with van der Waals surface area (Å²) in [6.45, 7) is 1.55. The number of thioether (sulfide) groups is 1. The Morgan fingerprint density at radius 3 is 2.44 bits per heavy atom. The van der Waals surface area contributed by atoms with Crippen molar-refractivity contribution in [2.24, 2.45) is 0 Å². The summed E-state index contributed by atoms with van der Waals surface area (Å²) in [4.78, 5) is 22.0. The molecule has 94 valence electrons. The smallest absolute Gasteiger partial charge is 0.326 e. The Balaban J connectivity index is 4.04. The summed E-state index contributed by atoms with van der Waals surface area (Å²) in [5.41, 5.74) is 0. The van der Waals surface area contributed by atoms with E-state index in [1.54, 1.807) is 11.8 Å². The van der Waals surface area contributed by atoms with Gasteiger partial charge < -0.3 is 20.8 Å². The van der Waals surface area contributed by atoms with Crippen LogP contribution in [-0.4, -0.2) is 52.9 Å². The quantitative estimate of drug-likeness (QED) is 0.504. The molecule has 0 fully saturated rings. The molecule has 0 aliphatic heterocycles. The van der Waals surface area contributed by atoms with Crippen molar-refractivity contribution in [3.63, 3.8) is 0 Å². The van der Waals surface area contributed by atoms with Crippen LogP contribution in [0.2, 0.25) is 0 Å². The third-order valence-electron chi connectivity index (χ3n) is 1.82. The van der Waals surface area contributed by atoms with Gasteiger partial charge in [-0.25, -0.2) is 9.59 Å². The molecule has 0 aromatic carbocycles. The fraction of sp³-hybridized carbons (Fsp3) is 0.778. The fourth-order valence-corrected chi connectivity index (χ4v) is 1.69. The van der Waals surface area contributed by atoms with E-state index in [0.29, 0.717) is 0 Å². The molecule has 0 rings (SSSR count). The number of nitrogens with one attached hydrogen (secondary N) is 2. The van der Waals surface area contributed by atoms with Crippen LogP contribution in [0.4, 0.5) is 4.79 Å². The molecule has 0 heterocycles. The van der Waals surface area contributed by atoms with Crippen molar-refractivity contribution in [2.75, 3.05) is 18.6 Å². The second-order valence-electron chi connectivity index (χ2n) is 3.38.